The Kier molecular flexibility index (Phi) is 5.02. The van der Waals surface area contributed by atoms with Gasteiger partial charge in [0.25, 0.3) is 5.91 Å². The summed E-state index contributed by atoms with van der Waals surface area (Å²) < 4.78 is 10.3. The molecular formula is C18H18N4O4. The fourth-order valence-corrected chi connectivity index (χ4v) is 2.23. The Labute approximate surface area is 149 Å². The topological polar surface area (TPSA) is 109 Å². The highest BCUT2D eigenvalue weighted by Gasteiger charge is 2.17. The Morgan fingerprint density at radius 2 is 1.73 bits per heavy atom. The lowest BCUT2D eigenvalue weighted by Gasteiger charge is -2.13. The van der Waals surface area contributed by atoms with E-state index in [1.54, 1.807) is 36.4 Å². The highest BCUT2D eigenvalue weighted by molar-refractivity contribution is 6.06. The van der Waals surface area contributed by atoms with E-state index in [-0.39, 0.29) is 17.8 Å². The zero-order valence-electron chi connectivity index (χ0n) is 14.3. The molecule has 0 fully saturated rings. The Morgan fingerprint density at radius 1 is 1.00 bits per heavy atom. The van der Waals surface area contributed by atoms with E-state index >= 15 is 0 Å². The average molecular weight is 354 g/mol. The molecule has 0 aliphatic rings. The van der Waals surface area contributed by atoms with Gasteiger partial charge in [-0.15, -0.1) is 0 Å². The molecule has 8 heteroatoms. The van der Waals surface area contributed by atoms with Crippen molar-refractivity contribution in [3.05, 3.63) is 54.4 Å². The third-order valence-electron chi connectivity index (χ3n) is 3.35. The molecule has 2 heterocycles. The summed E-state index contributed by atoms with van der Waals surface area (Å²) in [4.78, 5) is 24.3. The molecule has 0 aliphatic heterocycles. The summed E-state index contributed by atoms with van der Waals surface area (Å²) in [7, 11) is 0. The summed E-state index contributed by atoms with van der Waals surface area (Å²) in [5.74, 6) is 0.358. The molecule has 2 aromatic heterocycles. The van der Waals surface area contributed by atoms with Crippen LogP contribution < -0.4 is 16.0 Å². The minimum absolute atomic E-state index is 0.00749. The van der Waals surface area contributed by atoms with E-state index in [1.165, 1.54) is 12.3 Å². The molecule has 26 heavy (non-hydrogen) atoms. The lowest BCUT2D eigenvalue weighted by atomic mass is 10.2. The van der Waals surface area contributed by atoms with Crippen LogP contribution in [0.15, 0.2) is 57.7 Å². The van der Waals surface area contributed by atoms with Gasteiger partial charge in [-0.2, -0.15) is 0 Å². The van der Waals surface area contributed by atoms with Crippen molar-refractivity contribution in [2.75, 3.05) is 10.6 Å². The smallest absolute Gasteiger partial charge is 0.319 e. The predicted octanol–water partition coefficient (Wildman–Crippen LogP) is 3.72. The number of benzene rings is 1. The first-order valence-electron chi connectivity index (χ1n) is 8.01. The number of hydrogen-bond acceptors (Lipinski definition) is 5. The van der Waals surface area contributed by atoms with E-state index in [1.807, 2.05) is 13.8 Å². The van der Waals surface area contributed by atoms with Crippen molar-refractivity contribution in [2.24, 2.45) is 0 Å². The fraction of sp³-hybridized carbons (Fsp3) is 0.167. The van der Waals surface area contributed by atoms with Crippen molar-refractivity contribution in [2.45, 2.75) is 19.9 Å². The number of nitrogens with zero attached hydrogens (tertiary/aromatic N) is 1. The molecule has 3 amide bonds. The monoisotopic (exact) mass is 354 g/mol. The standard InChI is InChI=1S/C18H18N4O4/c1-11(2)19-18(24)21-13-7-4-3-6-12(13)20-17(23)14-10-16(26-22-14)15-8-5-9-25-15/h3-11H,1-2H3,(H,20,23)(H2,19,21,24). The molecule has 0 saturated heterocycles. The van der Waals surface area contributed by atoms with Gasteiger partial charge in [0.15, 0.2) is 11.5 Å². The lowest BCUT2D eigenvalue weighted by Crippen LogP contribution is -2.34. The molecule has 0 unspecified atom stereocenters. The number of aromatic nitrogens is 1. The van der Waals surface area contributed by atoms with Crippen molar-refractivity contribution in [1.82, 2.24) is 10.5 Å². The van der Waals surface area contributed by atoms with E-state index in [0.29, 0.717) is 22.9 Å². The number of amides is 3. The van der Waals surface area contributed by atoms with Crippen LogP contribution in [-0.2, 0) is 0 Å². The van der Waals surface area contributed by atoms with Crippen LogP contribution >= 0.6 is 0 Å². The van der Waals surface area contributed by atoms with E-state index in [9.17, 15) is 9.59 Å². The Bertz CT molecular complexity index is 900. The van der Waals surface area contributed by atoms with Crippen LogP contribution in [0.4, 0.5) is 16.2 Å². The first-order valence-corrected chi connectivity index (χ1v) is 8.01. The summed E-state index contributed by atoms with van der Waals surface area (Å²) in [6, 6.07) is 11.4. The Hall–Kier alpha value is -3.55. The van der Waals surface area contributed by atoms with Crippen LogP contribution in [-0.4, -0.2) is 23.1 Å². The molecular weight excluding hydrogens is 336 g/mol. The SMILES string of the molecule is CC(C)NC(=O)Nc1ccccc1NC(=O)c1cc(-c2ccco2)on1. The van der Waals surface area contributed by atoms with Crippen LogP contribution in [0.1, 0.15) is 24.3 Å². The minimum atomic E-state index is -0.468. The highest BCUT2D eigenvalue weighted by Crippen LogP contribution is 2.24. The zero-order chi connectivity index (χ0) is 18.5. The highest BCUT2D eigenvalue weighted by atomic mass is 16.5. The molecule has 3 rings (SSSR count). The van der Waals surface area contributed by atoms with Crippen molar-refractivity contribution in [3.63, 3.8) is 0 Å². The van der Waals surface area contributed by atoms with E-state index in [4.69, 9.17) is 8.94 Å². The van der Waals surface area contributed by atoms with E-state index in [2.05, 4.69) is 21.1 Å². The molecule has 8 nitrogen and oxygen atoms in total. The van der Waals surface area contributed by atoms with Crippen molar-refractivity contribution in [3.8, 4) is 11.5 Å². The second-order valence-electron chi connectivity index (χ2n) is 5.81. The van der Waals surface area contributed by atoms with Crippen LogP contribution in [0.2, 0.25) is 0 Å². The third-order valence-corrected chi connectivity index (χ3v) is 3.35. The van der Waals surface area contributed by atoms with Gasteiger partial charge in [-0.3, -0.25) is 4.79 Å². The molecule has 0 radical (unpaired) electrons. The van der Waals surface area contributed by atoms with Crippen LogP contribution in [0.5, 0.6) is 0 Å². The second-order valence-corrected chi connectivity index (χ2v) is 5.81. The van der Waals surface area contributed by atoms with E-state index in [0.717, 1.165) is 0 Å². The molecule has 134 valence electrons. The third kappa shape index (κ3) is 4.10. The number of rotatable bonds is 5. The molecule has 0 atom stereocenters. The molecule has 1 aromatic carbocycles. The average Bonchev–Trinajstić information content (AvgIpc) is 3.27. The number of carbonyl (C=O) groups excluding carboxylic acids is 2. The van der Waals surface area contributed by atoms with E-state index < -0.39 is 5.91 Å². The maximum Gasteiger partial charge on any atom is 0.319 e. The number of urea groups is 1. The minimum Gasteiger partial charge on any atom is -0.461 e. The van der Waals surface area contributed by atoms with Gasteiger partial charge in [-0.1, -0.05) is 17.3 Å². The van der Waals surface area contributed by atoms with Gasteiger partial charge in [-0.25, -0.2) is 4.79 Å². The van der Waals surface area contributed by atoms with Crippen LogP contribution in [0, 0.1) is 0 Å². The molecule has 0 bridgehead atoms. The quantitative estimate of drug-likeness (QED) is 0.647. The van der Waals surface area contributed by atoms with Gasteiger partial charge in [0.2, 0.25) is 5.76 Å². The predicted molar refractivity (Wildman–Crippen MR) is 95.9 cm³/mol. The summed E-state index contributed by atoms with van der Waals surface area (Å²) in [6.07, 6.45) is 1.50. The number of hydrogen-bond donors (Lipinski definition) is 3. The summed E-state index contributed by atoms with van der Waals surface area (Å²) in [5, 5.41) is 11.9. The van der Waals surface area contributed by atoms with Gasteiger partial charge >= 0.3 is 6.03 Å². The van der Waals surface area contributed by atoms with Gasteiger partial charge in [-0.05, 0) is 38.1 Å². The number of furan rings is 1. The lowest BCUT2D eigenvalue weighted by molar-refractivity contribution is 0.101. The second kappa shape index (κ2) is 7.56. The first kappa shape index (κ1) is 17.3. The molecule has 0 aliphatic carbocycles. The Balaban J connectivity index is 1.72. The molecule has 3 N–H and O–H groups in total. The number of anilines is 2. The van der Waals surface area contributed by atoms with Crippen molar-refractivity contribution >= 4 is 23.3 Å². The first-order chi connectivity index (χ1) is 12.5. The molecule has 0 spiro atoms. The van der Waals surface area contributed by atoms with Gasteiger partial charge in [0.1, 0.15) is 0 Å². The molecule has 3 aromatic rings. The molecule has 0 saturated carbocycles. The summed E-state index contributed by atoms with van der Waals surface area (Å²) in [6.45, 7) is 3.71. The van der Waals surface area contributed by atoms with Crippen molar-refractivity contribution < 1.29 is 18.5 Å². The maximum atomic E-state index is 12.4. The van der Waals surface area contributed by atoms with Crippen molar-refractivity contribution in [1.29, 1.82) is 0 Å². The van der Waals surface area contributed by atoms with Crippen LogP contribution in [0.25, 0.3) is 11.5 Å². The van der Waals surface area contributed by atoms with Gasteiger partial charge < -0.3 is 24.9 Å². The van der Waals surface area contributed by atoms with Gasteiger partial charge in [0, 0.05) is 12.1 Å². The fourth-order valence-electron chi connectivity index (χ4n) is 2.23. The normalized spacial score (nSPS) is 10.6. The Morgan fingerprint density at radius 3 is 2.38 bits per heavy atom. The summed E-state index contributed by atoms with van der Waals surface area (Å²) in [5.41, 5.74) is 1.01. The maximum absolute atomic E-state index is 12.4. The zero-order valence-corrected chi connectivity index (χ0v) is 14.3. The summed E-state index contributed by atoms with van der Waals surface area (Å²) >= 11 is 0. The van der Waals surface area contributed by atoms with Crippen LogP contribution in [0.3, 0.4) is 0 Å². The number of para-hydroxylation sites is 2. The largest absolute Gasteiger partial charge is 0.461 e. The van der Waals surface area contributed by atoms with Gasteiger partial charge in [0.05, 0.1) is 17.6 Å². The number of nitrogens with one attached hydrogen (secondary N) is 3. The number of carbonyl (C=O) groups is 2.